The molecule has 0 radical (unpaired) electrons. The second-order valence-electron chi connectivity index (χ2n) is 9.02. The van der Waals surface area contributed by atoms with Gasteiger partial charge in [0.1, 0.15) is 12.1 Å². The molecule has 1 fully saturated rings. The van der Waals surface area contributed by atoms with Crippen molar-refractivity contribution < 1.29 is 22.6 Å². The van der Waals surface area contributed by atoms with Crippen molar-refractivity contribution in [3.05, 3.63) is 54.4 Å². The summed E-state index contributed by atoms with van der Waals surface area (Å²) in [6.45, 7) is 4.04. The smallest absolute Gasteiger partial charge is 0.416 e. The van der Waals surface area contributed by atoms with Gasteiger partial charge in [0.25, 0.3) is 0 Å². The summed E-state index contributed by atoms with van der Waals surface area (Å²) in [6, 6.07) is 10.3. The third-order valence-electron chi connectivity index (χ3n) is 6.61. The number of hydrogen-bond donors (Lipinski definition) is 3. The summed E-state index contributed by atoms with van der Waals surface area (Å²) in [7, 11) is 1.58. The molecule has 0 amide bonds. The number of aromatic nitrogens is 4. The van der Waals surface area contributed by atoms with Gasteiger partial charge in [-0.05, 0) is 57.0 Å². The number of piperidine rings is 1. The Balaban J connectivity index is 1.39. The third-order valence-corrected chi connectivity index (χ3v) is 6.61. The molecule has 1 atom stereocenters. The summed E-state index contributed by atoms with van der Waals surface area (Å²) in [4.78, 5) is 8.74. The van der Waals surface area contributed by atoms with E-state index >= 15 is 0 Å². The highest BCUT2D eigenvalue weighted by Crippen LogP contribution is 2.37. The summed E-state index contributed by atoms with van der Waals surface area (Å²) in [6.07, 6.45) is -0.869. The average molecular weight is 513 g/mol. The van der Waals surface area contributed by atoms with E-state index in [1.807, 2.05) is 12.1 Å². The lowest BCUT2D eigenvalue weighted by atomic mass is 9.93. The minimum Gasteiger partial charge on any atom is -0.493 e. The molecule has 1 aliphatic heterocycles. The van der Waals surface area contributed by atoms with Crippen LogP contribution in [-0.4, -0.2) is 46.5 Å². The molecule has 8 nitrogen and oxygen atoms in total. The zero-order valence-electron chi connectivity index (χ0n) is 20.4. The van der Waals surface area contributed by atoms with Crippen molar-refractivity contribution in [2.75, 3.05) is 25.5 Å². The van der Waals surface area contributed by atoms with Crippen molar-refractivity contribution in [3.63, 3.8) is 0 Å². The Kier molecular flexibility index (Phi) is 6.88. The maximum Gasteiger partial charge on any atom is 0.416 e. The number of hydrogen-bond acceptors (Lipinski definition) is 7. The molecule has 3 N–H and O–H groups in total. The lowest BCUT2D eigenvalue weighted by molar-refractivity contribution is -0.137. The molecule has 5 rings (SSSR count). The third kappa shape index (κ3) is 5.46. The van der Waals surface area contributed by atoms with Gasteiger partial charge in [-0.15, -0.1) is 0 Å². The maximum atomic E-state index is 13.1. The van der Waals surface area contributed by atoms with Crippen LogP contribution in [0.15, 0.2) is 48.8 Å². The second kappa shape index (κ2) is 10.3. The molecule has 0 spiro atoms. The molecule has 0 bridgehead atoms. The Morgan fingerprint density at radius 1 is 1.05 bits per heavy atom. The number of ether oxygens (including phenoxy) is 2. The van der Waals surface area contributed by atoms with E-state index in [0.717, 1.165) is 38.1 Å². The van der Waals surface area contributed by atoms with Gasteiger partial charge in [0.15, 0.2) is 17.3 Å². The molecular weight excluding hydrogens is 485 g/mol. The van der Waals surface area contributed by atoms with Gasteiger partial charge in [-0.2, -0.15) is 18.3 Å². The number of alkyl halides is 3. The number of halogens is 3. The topological polar surface area (TPSA) is 97.0 Å². The zero-order valence-corrected chi connectivity index (χ0v) is 20.4. The van der Waals surface area contributed by atoms with Crippen LogP contribution < -0.4 is 20.1 Å². The number of fused-ring (bicyclic) bond motifs is 1. The van der Waals surface area contributed by atoms with E-state index in [1.165, 1.54) is 12.4 Å². The van der Waals surface area contributed by atoms with Crippen molar-refractivity contribution in [2.45, 2.75) is 32.0 Å². The molecule has 0 aliphatic carbocycles. The lowest BCUT2D eigenvalue weighted by Crippen LogP contribution is -2.35. The first kappa shape index (κ1) is 24.8. The van der Waals surface area contributed by atoms with Crippen LogP contribution >= 0.6 is 0 Å². The highest BCUT2D eigenvalue weighted by atomic mass is 19.4. The number of aromatic amines is 1. The van der Waals surface area contributed by atoms with E-state index in [9.17, 15) is 13.2 Å². The summed E-state index contributed by atoms with van der Waals surface area (Å²) in [5.74, 6) is 2.49. The summed E-state index contributed by atoms with van der Waals surface area (Å²) in [5, 5.41) is 14.2. The van der Waals surface area contributed by atoms with Crippen LogP contribution in [0.5, 0.6) is 11.5 Å². The van der Waals surface area contributed by atoms with Gasteiger partial charge in [0, 0.05) is 23.1 Å². The molecule has 11 heteroatoms. The van der Waals surface area contributed by atoms with Crippen LogP contribution in [0.1, 0.15) is 25.3 Å². The first-order valence-electron chi connectivity index (χ1n) is 12.0. The maximum absolute atomic E-state index is 13.1. The summed E-state index contributed by atoms with van der Waals surface area (Å²) < 4.78 is 51.2. The molecule has 194 valence electrons. The van der Waals surface area contributed by atoms with Gasteiger partial charge in [0.2, 0.25) is 0 Å². The fourth-order valence-electron chi connectivity index (χ4n) is 4.54. The van der Waals surface area contributed by atoms with Gasteiger partial charge in [-0.1, -0.05) is 12.1 Å². The van der Waals surface area contributed by atoms with Crippen LogP contribution in [0.3, 0.4) is 0 Å². The Bertz CT molecular complexity index is 1380. The predicted octanol–water partition coefficient (Wildman–Crippen LogP) is 5.56. The Morgan fingerprint density at radius 3 is 2.62 bits per heavy atom. The van der Waals surface area contributed by atoms with E-state index in [0.29, 0.717) is 51.2 Å². The molecule has 0 saturated carbocycles. The molecule has 1 saturated heterocycles. The summed E-state index contributed by atoms with van der Waals surface area (Å²) >= 11 is 0. The van der Waals surface area contributed by atoms with E-state index in [2.05, 4.69) is 37.7 Å². The van der Waals surface area contributed by atoms with Crippen molar-refractivity contribution in [1.82, 2.24) is 25.5 Å². The predicted molar refractivity (Wildman–Crippen MR) is 134 cm³/mol. The Labute approximate surface area is 211 Å². The standard InChI is InChI=1S/C26H27F3N6O2/c1-15(16-6-8-30-9-7-16)37-23-12-21-19(11-22(23)36-2)25(32-14-31-21)33-24-13-20(34-35-24)17-4-3-5-18(10-17)26(27,28)29/h3-5,10-16,30H,6-9H2,1-2H3,(H2,31,32,33,34,35). The Hall–Kier alpha value is -3.86. The quantitative estimate of drug-likeness (QED) is 0.298. The first-order valence-corrected chi connectivity index (χ1v) is 12.0. The number of benzene rings is 2. The molecule has 2 aromatic carbocycles. The largest absolute Gasteiger partial charge is 0.493 e. The van der Waals surface area contributed by atoms with Crippen LogP contribution in [0.4, 0.5) is 24.8 Å². The Morgan fingerprint density at radius 2 is 1.86 bits per heavy atom. The van der Waals surface area contributed by atoms with Crippen molar-refractivity contribution in [3.8, 4) is 22.8 Å². The fraction of sp³-hybridized carbons (Fsp3) is 0.346. The van der Waals surface area contributed by atoms with Crippen LogP contribution in [0.2, 0.25) is 0 Å². The van der Waals surface area contributed by atoms with Gasteiger partial charge >= 0.3 is 6.18 Å². The molecule has 37 heavy (non-hydrogen) atoms. The van der Waals surface area contributed by atoms with Crippen molar-refractivity contribution in [1.29, 1.82) is 0 Å². The number of H-pyrrole nitrogens is 1. The number of nitrogens with one attached hydrogen (secondary N) is 3. The van der Waals surface area contributed by atoms with Crippen LogP contribution in [-0.2, 0) is 6.18 Å². The second-order valence-corrected chi connectivity index (χ2v) is 9.02. The van der Waals surface area contributed by atoms with Crippen molar-refractivity contribution in [2.24, 2.45) is 5.92 Å². The highest BCUT2D eigenvalue weighted by molar-refractivity contribution is 5.93. The normalized spacial score (nSPS) is 15.5. The summed E-state index contributed by atoms with van der Waals surface area (Å²) in [5.41, 5.74) is 0.733. The fourth-order valence-corrected chi connectivity index (χ4v) is 4.54. The molecular formula is C26H27F3N6O2. The van der Waals surface area contributed by atoms with E-state index < -0.39 is 11.7 Å². The number of rotatable bonds is 7. The number of nitrogens with zero attached hydrogens (tertiary/aromatic N) is 3. The van der Waals surface area contributed by atoms with Crippen molar-refractivity contribution >= 4 is 22.5 Å². The van der Waals surface area contributed by atoms with E-state index in [1.54, 1.807) is 19.2 Å². The van der Waals surface area contributed by atoms with Gasteiger partial charge in [-0.25, -0.2) is 9.97 Å². The van der Waals surface area contributed by atoms with E-state index in [-0.39, 0.29) is 6.10 Å². The molecule has 3 heterocycles. The molecule has 4 aromatic rings. The first-order chi connectivity index (χ1) is 17.8. The van der Waals surface area contributed by atoms with Gasteiger partial charge in [-0.3, -0.25) is 5.10 Å². The monoisotopic (exact) mass is 512 g/mol. The molecule has 2 aromatic heterocycles. The SMILES string of the molecule is COc1cc2c(Nc3cc(-c4cccc(C(F)(F)F)c4)[nH]n3)ncnc2cc1OC(C)C1CCNCC1. The minimum absolute atomic E-state index is 0.0196. The molecule has 1 aliphatic rings. The molecule has 1 unspecified atom stereocenters. The zero-order chi connectivity index (χ0) is 26.0. The minimum atomic E-state index is -4.43. The van der Waals surface area contributed by atoms with Gasteiger partial charge < -0.3 is 20.1 Å². The average Bonchev–Trinajstić information content (AvgIpc) is 3.37. The highest BCUT2D eigenvalue weighted by Gasteiger charge is 2.30. The van der Waals surface area contributed by atoms with Gasteiger partial charge in [0.05, 0.1) is 30.0 Å². The number of anilines is 2. The lowest BCUT2D eigenvalue weighted by Gasteiger charge is -2.29. The van der Waals surface area contributed by atoms with E-state index in [4.69, 9.17) is 9.47 Å². The number of methoxy groups -OCH3 is 1. The van der Waals surface area contributed by atoms with Crippen LogP contribution in [0, 0.1) is 5.92 Å². The van der Waals surface area contributed by atoms with Crippen LogP contribution in [0.25, 0.3) is 22.2 Å².